The van der Waals surface area contributed by atoms with E-state index in [-0.39, 0.29) is 5.75 Å². The molecule has 2 aromatic carbocycles. The number of methoxy groups -OCH3 is 1. The Morgan fingerprint density at radius 3 is 2.16 bits per heavy atom. The smallest absolute Gasteiger partial charge is 0.161 e. The summed E-state index contributed by atoms with van der Waals surface area (Å²) in [6, 6.07) is 14.2. The van der Waals surface area contributed by atoms with Crippen LogP contribution in [0.15, 0.2) is 48.5 Å². The Morgan fingerprint density at radius 2 is 1.47 bits per heavy atom. The largest absolute Gasteiger partial charge is 0.504 e. The van der Waals surface area contributed by atoms with Gasteiger partial charge in [-0.1, -0.05) is 12.1 Å². The summed E-state index contributed by atoms with van der Waals surface area (Å²) in [6.07, 6.45) is 0. The molecule has 0 heterocycles. The van der Waals surface area contributed by atoms with Gasteiger partial charge >= 0.3 is 0 Å². The molecule has 0 aliphatic heterocycles. The Balaban J connectivity index is 1.76. The molecule has 0 bridgehead atoms. The van der Waals surface area contributed by atoms with Crippen molar-refractivity contribution >= 4 is 0 Å². The highest BCUT2D eigenvalue weighted by molar-refractivity contribution is 5.37. The number of aromatic hydroxyl groups is 1. The van der Waals surface area contributed by atoms with Gasteiger partial charge < -0.3 is 19.3 Å². The fourth-order valence-corrected chi connectivity index (χ4v) is 1.56. The summed E-state index contributed by atoms with van der Waals surface area (Å²) in [5, 5.41) is 9.50. The lowest BCUT2D eigenvalue weighted by Crippen LogP contribution is -2.08. The summed E-state index contributed by atoms with van der Waals surface area (Å²) in [4.78, 5) is 0. The van der Waals surface area contributed by atoms with E-state index < -0.39 is 0 Å². The number of phenolic OH excluding ortho intramolecular Hbond substituents is 1. The Hall–Kier alpha value is -2.36. The van der Waals surface area contributed by atoms with Crippen molar-refractivity contribution in [1.29, 1.82) is 0 Å². The number of ether oxygens (including phenoxy) is 3. The molecule has 0 aliphatic rings. The van der Waals surface area contributed by atoms with Gasteiger partial charge in [-0.15, -0.1) is 0 Å². The Morgan fingerprint density at radius 1 is 0.842 bits per heavy atom. The second-order valence-corrected chi connectivity index (χ2v) is 3.84. The molecule has 4 nitrogen and oxygen atoms in total. The van der Waals surface area contributed by atoms with Crippen LogP contribution in [0.1, 0.15) is 0 Å². The predicted molar refractivity (Wildman–Crippen MR) is 72.1 cm³/mol. The van der Waals surface area contributed by atoms with Gasteiger partial charge in [0.25, 0.3) is 0 Å². The molecule has 0 amide bonds. The molecule has 19 heavy (non-hydrogen) atoms. The summed E-state index contributed by atoms with van der Waals surface area (Å²) in [7, 11) is 1.62. The molecule has 100 valence electrons. The molecule has 0 aromatic heterocycles. The zero-order valence-electron chi connectivity index (χ0n) is 10.7. The summed E-state index contributed by atoms with van der Waals surface area (Å²) < 4.78 is 16.0. The van der Waals surface area contributed by atoms with Crippen LogP contribution in [0.25, 0.3) is 0 Å². The summed E-state index contributed by atoms with van der Waals surface area (Å²) in [6.45, 7) is 0.768. The first kappa shape index (κ1) is 13.1. The van der Waals surface area contributed by atoms with Gasteiger partial charge in [0.15, 0.2) is 11.5 Å². The molecule has 0 unspecified atom stereocenters. The van der Waals surface area contributed by atoms with Gasteiger partial charge in [-0.2, -0.15) is 0 Å². The van der Waals surface area contributed by atoms with E-state index in [1.807, 2.05) is 24.3 Å². The number of para-hydroxylation sites is 2. The zero-order chi connectivity index (χ0) is 13.5. The number of hydrogen-bond donors (Lipinski definition) is 1. The first-order valence-electron chi connectivity index (χ1n) is 5.97. The molecule has 2 rings (SSSR count). The fraction of sp³-hybridized carbons (Fsp3) is 0.200. The third-order valence-corrected chi connectivity index (χ3v) is 2.53. The molecular weight excluding hydrogens is 244 g/mol. The highest BCUT2D eigenvalue weighted by atomic mass is 16.5. The minimum atomic E-state index is 0.131. The van der Waals surface area contributed by atoms with Crippen LogP contribution < -0.4 is 14.2 Å². The van der Waals surface area contributed by atoms with E-state index in [9.17, 15) is 5.11 Å². The molecule has 1 N–H and O–H groups in total. The van der Waals surface area contributed by atoms with Gasteiger partial charge in [0, 0.05) is 0 Å². The normalized spacial score (nSPS) is 9.95. The highest BCUT2D eigenvalue weighted by Crippen LogP contribution is 2.24. The van der Waals surface area contributed by atoms with E-state index in [0.717, 1.165) is 11.5 Å². The SMILES string of the molecule is COc1ccc(OCCOc2ccccc2O)cc1. The van der Waals surface area contributed by atoms with E-state index in [2.05, 4.69) is 0 Å². The average molecular weight is 260 g/mol. The van der Waals surface area contributed by atoms with Crippen molar-refractivity contribution in [3.63, 3.8) is 0 Å². The summed E-state index contributed by atoms with van der Waals surface area (Å²) in [5.74, 6) is 2.13. The molecule has 0 spiro atoms. The van der Waals surface area contributed by atoms with Crippen LogP contribution in [0.3, 0.4) is 0 Å². The maximum atomic E-state index is 9.50. The third kappa shape index (κ3) is 3.81. The average Bonchev–Trinajstić information content (AvgIpc) is 2.46. The fourth-order valence-electron chi connectivity index (χ4n) is 1.56. The molecule has 4 heteroatoms. The molecule has 0 radical (unpaired) electrons. The highest BCUT2D eigenvalue weighted by Gasteiger charge is 2.00. The maximum Gasteiger partial charge on any atom is 0.161 e. The topological polar surface area (TPSA) is 47.9 Å². The first-order valence-corrected chi connectivity index (χ1v) is 5.97. The van der Waals surface area contributed by atoms with E-state index in [4.69, 9.17) is 14.2 Å². The van der Waals surface area contributed by atoms with Crippen LogP contribution in [-0.4, -0.2) is 25.4 Å². The number of benzene rings is 2. The van der Waals surface area contributed by atoms with E-state index in [1.54, 1.807) is 31.4 Å². The predicted octanol–water partition coefficient (Wildman–Crippen LogP) is 2.86. The van der Waals surface area contributed by atoms with Crippen molar-refractivity contribution in [2.24, 2.45) is 0 Å². The minimum absolute atomic E-state index is 0.131. The van der Waals surface area contributed by atoms with Crippen LogP contribution in [0, 0.1) is 0 Å². The monoisotopic (exact) mass is 260 g/mol. The van der Waals surface area contributed by atoms with Gasteiger partial charge in [-0.3, -0.25) is 0 Å². The van der Waals surface area contributed by atoms with Crippen LogP contribution >= 0.6 is 0 Å². The van der Waals surface area contributed by atoms with Crippen molar-refractivity contribution in [2.75, 3.05) is 20.3 Å². The molecule has 0 atom stereocenters. The second-order valence-electron chi connectivity index (χ2n) is 3.84. The third-order valence-electron chi connectivity index (χ3n) is 2.53. The molecule has 2 aromatic rings. The van der Waals surface area contributed by atoms with Crippen LogP contribution in [0.4, 0.5) is 0 Å². The van der Waals surface area contributed by atoms with E-state index >= 15 is 0 Å². The Bertz CT molecular complexity index is 508. The van der Waals surface area contributed by atoms with Crippen LogP contribution in [0.5, 0.6) is 23.0 Å². The van der Waals surface area contributed by atoms with Crippen molar-refractivity contribution in [3.05, 3.63) is 48.5 Å². The van der Waals surface area contributed by atoms with Gasteiger partial charge in [0.1, 0.15) is 24.7 Å². The minimum Gasteiger partial charge on any atom is -0.504 e. The molecule has 0 fully saturated rings. The standard InChI is InChI=1S/C15H16O4/c1-17-12-6-8-13(9-7-12)18-10-11-19-15-5-3-2-4-14(15)16/h2-9,16H,10-11H2,1H3. The van der Waals surface area contributed by atoms with Gasteiger partial charge in [0.2, 0.25) is 0 Å². The lowest BCUT2D eigenvalue weighted by Gasteiger charge is -2.09. The number of phenols is 1. The first-order chi connectivity index (χ1) is 9.29. The zero-order valence-corrected chi connectivity index (χ0v) is 10.7. The Kier molecular flexibility index (Phi) is 4.50. The van der Waals surface area contributed by atoms with Crippen molar-refractivity contribution in [1.82, 2.24) is 0 Å². The van der Waals surface area contributed by atoms with E-state index in [0.29, 0.717) is 19.0 Å². The van der Waals surface area contributed by atoms with Crippen molar-refractivity contribution in [2.45, 2.75) is 0 Å². The van der Waals surface area contributed by atoms with Gasteiger partial charge in [-0.25, -0.2) is 0 Å². The van der Waals surface area contributed by atoms with Crippen molar-refractivity contribution in [3.8, 4) is 23.0 Å². The van der Waals surface area contributed by atoms with Gasteiger partial charge in [0.05, 0.1) is 7.11 Å². The maximum absolute atomic E-state index is 9.50. The lowest BCUT2D eigenvalue weighted by molar-refractivity contribution is 0.212. The van der Waals surface area contributed by atoms with Crippen LogP contribution in [-0.2, 0) is 0 Å². The van der Waals surface area contributed by atoms with Crippen LogP contribution in [0.2, 0.25) is 0 Å². The lowest BCUT2D eigenvalue weighted by atomic mass is 10.3. The molecule has 0 aliphatic carbocycles. The molecular formula is C15H16O4. The number of hydrogen-bond acceptors (Lipinski definition) is 4. The molecule has 0 saturated heterocycles. The van der Waals surface area contributed by atoms with Crippen molar-refractivity contribution < 1.29 is 19.3 Å². The second kappa shape index (κ2) is 6.54. The Labute approximate surface area is 112 Å². The summed E-state index contributed by atoms with van der Waals surface area (Å²) in [5.41, 5.74) is 0. The van der Waals surface area contributed by atoms with E-state index in [1.165, 1.54) is 0 Å². The quantitative estimate of drug-likeness (QED) is 0.811. The number of rotatable bonds is 6. The molecule has 0 saturated carbocycles. The summed E-state index contributed by atoms with van der Waals surface area (Å²) >= 11 is 0. The van der Waals surface area contributed by atoms with Gasteiger partial charge in [-0.05, 0) is 36.4 Å².